The van der Waals surface area contributed by atoms with E-state index < -0.39 is 0 Å². The molecular weight excluding hydrogens is 403 g/mol. The number of thioether (sulfide) groups is 1. The fraction of sp³-hybridized carbons (Fsp3) is 0.526. The maximum atomic E-state index is 12.1. The number of halogens is 2. The van der Waals surface area contributed by atoms with E-state index in [1.807, 2.05) is 6.26 Å². The molecule has 0 radical (unpaired) electrons. The van der Waals surface area contributed by atoms with Gasteiger partial charge in [0.2, 0.25) is 5.91 Å². The molecule has 1 saturated carbocycles. The van der Waals surface area contributed by atoms with Crippen LogP contribution in [0.1, 0.15) is 49.5 Å². The van der Waals surface area contributed by atoms with Crippen molar-refractivity contribution in [1.29, 1.82) is 0 Å². The molecule has 1 aromatic carbocycles. The van der Waals surface area contributed by atoms with E-state index in [-0.39, 0.29) is 12.3 Å². The minimum absolute atomic E-state index is 0.0405. The minimum atomic E-state index is -0.0405. The number of nitrogens with one attached hydrogen (secondary N) is 1. The lowest BCUT2D eigenvalue weighted by molar-refractivity contribution is -0.120. The zero-order valence-corrected chi connectivity index (χ0v) is 17.7. The van der Waals surface area contributed by atoms with Gasteiger partial charge in [-0.25, -0.2) is 0 Å². The van der Waals surface area contributed by atoms with Gasteiger partial charge in [0.05, 0.1) is 6.42 Å². The van der Waals surface area contributed by atoms with Crippen LogP contribution in [0.5, 0.6) is 0 Å². The van der Waals surface area contributed by atoms with Gasteiger partial charge < -0.3 is 9.88 Å². The van der Waals surface area contributed by atoms with Crippen LogP contribution in [0.15, 0.2) is 23.4 Å². The molecule has 1 N–H and O–H groups in total. The molecule has 0 bridgehead atoms. The van der Waals surface area contributed by atoms with E-state index in [4.69, 9.17) is 23.2 Å². The molecule has 3 rings (SSSR count). The van der Waals surface area contributed by atoms with Crippen molar-refractivity contribution in [2.24, 2.45) is 0 Å². The Kier molecular flexibility index (Phi) is 7.44. The van der Waals surface area contributed by atoms with Gasteiger partial charge in [0, 0.05) is 29.1 Å². The molecule has 8 heteroatoms. The third-order valence-electron chi connectivity index (χ3n) is 4.87. The van der Waals surface area contributed by atoms with Gasteiger partial charge in [-0.05, 0) is 43.2 Å². The molecule has 0 saturated heterocycles. The van der Waals surface area contributed by atoms with E-state index in [9.17, 15) is 4.79 Å². The van der Waals surface area contributed by atoms with Gasteiger partial charge in [-0.2, -0.15) is 0 Å². The van der Waals surface area contributed by atoms with Crippen molar-refractivity contribution in [3.8, 4) is 0 Å². The van der Waals surface area contributed by atoms with Crippen LogP contribution < -0.4 is 5.32 Å². The number of carbonyl (C=O) groups excluding carboxylic acids is 1. The molecule has 0 unspecified atom stereocenters. The summed E-state index contributed by atoms with van der Waals surface area (Å²) in [5.41, 5.74) is 0.782. The highest BCUT2D eigenvalue weighted by molar-refractivity contribution is 7.98. The summed E-state index contributed by atoms with van der Waals surface area (Å²) in [6.07, 6.45) is 8.91. The number of hydrogen-bond donors (Lipinski definition) is 1. The fourth-order valence-electron chi connectivity index (χ4n) is 3.52. The Bertz CT molecular complexity index is 790. The van der Waals surface area contributed by atoms with E-state index in [1.54, 1.807) is 30.0 Å². The molecule has 27 heavy (non-hydrogen) atoms. The van der Waals surface area contributed by atoms with Gasteiger partial charge in [0.15, 0.2) is 5.16 Å². The lowest BCUT2D eigenvalue weighted by Gasteiger charge is -2.16. The van der Waals surface area contributed by atoms with E-state index >= 15 is 0 Å². The van der Waals surface area contributed by atoms with Crippen LogP contribution in [0.25, 0.3) is 0 Å². The summed E-state index contributed by atoms with van der Waals surface area (Å²) in [6.45, 7) is 0.607. The van der Waals surface area contributed by atoms with Gasteiger partial charge in [-0.3, -0.25) is 4.79 Å². The summed E-state index contributed by atoms with van der Waals surface area (Å²) in [4.78, 5) is 12.1. The predicted octanol–water partition coefficient (Wildman–Crippen LogP) is 4.71. The highest BCUT2D eigenvalue weighted by atomic mass is 35.5. The summed E-state index contributed by atoms with van der Waals surface area (Å²) in [6, 6.07) is 5.72. The van der Waals surface area contributed by atoms with E-state index in [0.717, 1.165) is 29.4 Å². The Hall–Kier alpha value is -1.24. The number of rotatable bonds is 8. The van der Waals surface area contributed by atoms with Gasteiger partial charge in [0.25, 0.3) is 0 Å². The molecule has 1 amide bonds. The second kappa shape index (κ2) is 9.80. The average Bonchev–Trinajstić information content (AvgIpc) is 3.30. The average molecular weight is 427 g/mol. The largest absolute Gasteiger partial charge is 0.356 e. The third kappa shape index (κ3) is 5.39. The molecule has 1 heterocycles. The molecule has 0 aliphatic heterocycles. The van der Waals surface area contributed by atoms with Gasteiger partial charge in [0.1, 0.15) is 5.82 Å². The maximum absolute atomic E-state index is 12.1. The molecule has 1 aliphatic rings. The number of nitrogens with zero attached hydrogens (tertiary/aromatic N) is 3. The van der Waals surface area contributed by atoms with Crippen molar-refractivity contribution in [3.63, 3.8) is 0 Å². The zero-order chi connectivity index (χ0) is 19.2. The van der Waals surface area contributed by atoms with Crippen LogP contribution in [0.3, 0.4) is 0 Å². The summed E-state index contributed by atoms with van der Waals surface area (Å²) in [7, 11) is 0. The van der Waals surface area contributed by atoms with Crippen molar-refractivity contribution in [2.75, 3.05) is 12.8 Å². The van der Waals surface area contributed by atoms with Crippen LogP contribution >= 0.6 is 35.0 Å². The SMILES string of the molecule is CSc1nnc(CCCNC(=O)Cc2ccc(Cl)cc2Cl)n1C1CCCC1. The molecule has 1 aliphatic carbocycles. The number of hydrogen-bond acceptors (Lipinski definition) is 4. The summed E-state index contributed by atoms with van der Waals surface area (Å²) >= 11 is 13.7. The second-order valence-electron chi connectivity index (χ2n) is 6.78. The Morgan fingerprint density at radius 3 is 2.78 bits per heavy atom. The Labute approximate surface area is 174 Å². The number of benzene rings is 1. The van der Waals surface area contributed by atoms with Crippen LogP contribution in [0, 0.1) is 0 Å². The van der Waals surface area contributed by atoms with Crippen LogP contribution in [-0.4, -0.2) is 33.5 Å². The van der Waals surface area contributed by atoms with Gasteiger partial charge in [-0.15, -0.1) is 10.2 Å². The highest BCUT2D eigenvalue weighted by Gasteiger charge is 2.23. The molecule has 1 fully saturated rings. The standard InChI is InChI=1S/C19H24Cl2N4OS/c1-27-19-24-23-17(25(19)15-5-2-3-6-15)7-4-10-22-18(26)11-13-8-9-14(20)12-16(13)21/h8-9,12,15H,2-7,10-11H2,1H3,(H,22,26). The van der Waals surface area contributed by atoms with Crippen molar-refractivity contribution < 1.29 is 4.79 Å². The van der Waals surface area contributed by atoms with E-state index in [0.29, 0.717) is 22.6 Å². The van der Waals surface area contributed by atoms with Crippen LogP contribution in [0.4, 0.5) is 0 Å². The molecular formula is C19H24Cl2N4OS. The third-order valence-corrected chi connectivity index (χ3v) is 6.10. The molecule has 2 aromatic rings. The lowest BCUT2D eigenvalue weighted by atomic mass is 10.1. The quantitative estimate of drug-likeness (QED) is 0.490. The molecule has 0 spiro atoms. The second-order valence-corrected chi connectivity index (χ2v) is 8.39. The minimum Gasteiger partial charge on any atom is -0.356 e. The number of aryl methyl sites for hydroxylation is 1. The van der Waals surface area contributed by atoms with Gasteiger partial charge in [-0.1, -0.05) is 53.9 Å². The summed E-state index contributed by atoms with van der Waals surface area (Å²) in [5.74, 6) is 0.988. The van der Waals surface area contributed by atoms with Crippen LogP contribution in [0.2, 0.25) is 10.0 Å². The molecule has 0 atom stereocenters. The summed E-state index contributed by atoms with van der Waals surface area (Å²) in [5, 5.41) is 13.8. The van der Waals surface area contributed by atoms with E-state index in [1.165, 1.54) is 25.7 Å². The van der Waals surface area contributed by atoms with Crippen molar-refractivity contribution in [2.45, 2.75) is 56.1 Å². The first-order valence-electron chi connectivity index (χ1n) is 9.27. The zero-order valence-electron chi connectivity index (χ0n) is 15.4. The normalized spacial score (nSPS) is 14.6. The first-order chi connectivity index (χ1) is 13.1. The summed E-state index contributed by atoms with van der Waals surface area (Å²) < 4.78 is 2.31. The first-order valence-corrected chi connectivity index (χ1v) is 11.2. The smallest absolute Gasteiger partial charge is 0.224 e. The van der Waals surface area contributed by atoms with E-state index in [2.05, 4.69) is 20.1 Å². The number of aromatic nitrogens is 3. The van der Waals surface area contributed by atoms with Crippen molar-refractivity contribution in [3.05, 3.63) is 39.6 Å². The number of amides is 1. The van der Waals surface area contributed by atoms with Crippen molar-refractivity contribution in [1.82, 2.24) is 20.1 Å². The Morgan fingerprint density at radius 1 is 1.30 bits per heavy atom. The van der Waals surface area contributed by atoms with Gasteiger partial charge >= 0.3 is 0 Å². The first kappa shape index (κ1) is 20.5. The monoisotopic (exact) mass is 426 g/mol. The molecule has 146 valence electrons. The lowest BCUT2D eigenvalue weighted by Crippen LogP contribution is -2.26. The molecule has 5 nitrogen and oxygen atoms in total. The van der Waals surface area contributed by atoms with Crippen LogP contribution in [-0.2, 0) is 17.6 Å². The topological polar surface area (TPSA) is 59.8 Å². The fourth-order valence-corrected chi connectivity index (χ4v) is 4.57. The number of carbonyl (C=O) groups is 1. The molecule has 1 aromatic heterocycles. The Balaban J connectivity index is 1.49. The van der Waals surface area contributed by atoms with Crippen molar-refractivity contribution >= 4 is 40.9 Å². The Morgan fingerprint density at radius 2 is 2.07 bits per heavy atom. The predicted molar refractivity (Wildman–Crippen MR) is 111 cm³/mol. The maximum Gasteiger partial charge on any atom is 0.224 e. The highest BCUT2D eigenvalue weighted by Crippen LogP contribution is 2.33.